The van der Waals surface area contributed by atoms with Crippen LogP contribution in [0, 0.1) is 6.92 Å². The van der Waals surface area contributed by atoms with Crippen LogP contribution in [0.4, 0.5) is 0 Å². The Kier molecular flexibility index (Phi) is 6.04. The summed E-state index contributed by atoms with van der Waals surface area (Å²) in [6.45, 7) is 8.83. The SMILES string of the molecule is C=CCn1c(SCc2csc(CCC)n2)nnc1-c1cccc(C)c1. The first kappa shape index (κ1) is 17.9. The van der Waals surface area contributed by atoms with E-state index in [-0.39, 0.29) is 0 Å². The summed E-state index contributed by atoms with van der Waals surface area (Å²) in [5, 5.41) is 13.1. The van der Waals surface area contributed by atoms with Gasteiger partial charge in [-0.2, -0.15) is 0 Å². The van der Waals surface area contributed by atoms with E-state index < -0.39 is 0 Å². The zero-order valence-electron chi connectivity index (χ0n) is 14.6. The molecule has 0 saturated heterocycles. The molecule has 0 radical (unpaired) electrons. The average molecular weight is 371 g/mol. The number of nitrogens with zero attached hydrogens (tertiary/aromatic N) is 4. The summed E-state index contributed by atoms with van der Waals surface area (Å²) in [6.07, 6.45) is 4.07. The zero-order valence-corrected chi connectivity index (χ0v) is 16.2. The van der Waals surface area contributed by atoms with Crippen LogP contribution in [-0.4, -0.2) is 19.7 Å². The average Bonchev–Trinajstić information content (AvgIpc) is 3.21. The number of allylic oxidation sites excluding steroid dienone is 1. The number of hydrogen-bond acceptors (Lipinski definition) is 5. The molecule has 0 unspecified atom stereocenters. The first-order chi connectivity index (χ1) is 12.2. The second-order valence-corrected chi connectivity index (χ2v) is 7.73. The normalized spacial score (nSPS) is 11.0. The fraction of sp³-hybridized carbons (Fsp3) is 0.316. The van der Waals surface area contributed by atoms with Crippen LogP contribution >= 0.6 is 23.1 Å². The molecule has 0 spiro atoms. The second kappa shape index (κ2) is 8.45. The Morgan fingerprint density at radius 3 is 2.96 bits per heavy atom. The van der Waals surface area contributed by atoms with E-state index in [2.05, 4.69) is 69.8 Å². The van der Waals surface area contributed by atoms with E-state index in [9.17, 15) is 0 Å². The molecule has 25 heavy (non-hydrogen) atoms. The Bertz CT molecular complexity index is 851. The minimum absolute atomic E-state index is 0.691. The molecule has 0 aliphatic carbocycles. The number of thiazole rings is 1. The van der Waals surface area contributed by atoms with Crippen LogP contribution < -0.4 is 0 Å². The third-order valence-corrected chi connectivity index (χ3v) is 5.67. The molecule has 0 atom stereocenters. The molecule has 0 N–H and O–H groups in total. The van der Waals surface area contributed by atoms with Crippen LogP contribution in [0.1, 0.15) is 29.6 Å². The number of benzene rings is 1. The molecular formula is C19H22N4S2. The maximum Gasteiger partial charge on any atom is 0.192 e. The van der Waals surface area contributed by atoms with Gasteiger partial charge in [0.05, 0.1) is 10.7 Å². The molecule has 0 aliphatic rings. The molecular weight excluding hydrogens is 348 g/mol. The molecule has 0 amide bonds. The van der Waals surface area contributed by atoms with Crippen LogP contribution in [0.15, 0.2) is 47.5 Å². The molecule has 130 valence electrons. The quantitative estimate of drug-likeness (QED) is 0.407. The highest BCUT2D eigenvalue weighted by atomic mass is 32.2. The van der Waals surface area contributed by atoms with Gasteiger partial charge in [-0.05, 0) is 25.8 Å². The minimum Gasteiger partial charge on any atom is -0.298 e. The Morgan fingerprint density at radius 2 is 2.20 bits per heavy atom. The monoisotopic (exact) mass is 370 g/mol. The van der Waals surface area contributed by atoms with Crippen molar-refractivity contribution < 1.29 is 0 Å². The van der Waals surface area contributed by atoms with E-state index in [4.69, 9.17) is 0 Å². The zero-order chi connectivity index (χ0) is 17.6. The number of aromatic nitrogens is 4. The fourth-order valence-corrected chi connectivity index (χ4v) is 4.42. The van der Waals surface area contributed by atoms with E-state index in [0.29, 0.717) is 6.54 Å². The number of hydrogen-bond donors (Lipinski definition) is 0. The first-order valence-corrected chi connectivity index (χ1v) is 10.2. The lowest BCUT2D eigenvalue weighted by molar-refractivity contribution is 0.731. The maximum atomic E-state index is 4.69. The molecule has 0 fully saturated rings. The topological polar surface area (TPSA) is 43.6 Å². The lowest BCUT2D eigenvalue weighted by Crippen LogP contribution is -2.01. The van der Waals surface area contributed by atoms with E-state index in [1.165, 1.54) is 10.6 Å². The van der Waals surface area contributed by atoms with Crippen LogP contribution in [0.25, 0.3) is 11.4 Å². The molecule has 0 saturated carbocycles. The maximum absolute atomic E-state index is 4.69. The predicted octanol–water partition coefficient (Wildman–Crippen LogP) is 5.14. The third-order valence-electron chi connectivity index (χ3n) is 3.72. The van der Waals surface area contributed by atoms with Crippen molar-refractivity contribution in [2.24, 2.45) is 0 Å². The van der Waals surface area contributed by atoms with Gasteiger partial charge in [0.1, 0.15) is 0 Å². The molecule has 0 bridgehead atoms. The molecule has 4 nitrogen and oxygen atoms in total. The molecule has 2 heterocycles. The third kappa shape index (κ3) is 4.38. The molecule has 3 aromatic rings. The second-order valence-electron chi connectivity index (χ2n) is 5.85. The molecule has 1 aromatic carbocycles. The highest BCUT2D eigenvalue weighted by Gasteiger charge is 2.14. The van der Waals surface area contributed by atoms with Gasteiger partial charge in [0.25, 0.3) is 0 Å². The van der Waals surface area contributed by atoms with Crippen molar-refractivity contribution in [3.63, 3.8) is 0 Å². The number of aryl methyl sites for hydroxylation is 2. The van der Waals surface area contributed by atoms with Gasteiger partial charge in [0.15, 0.2) is 11.0 Å². The van der Waals surface area contributed by atoms with Crippen LogP contribution in [0.3, 0.4) is 0 Å². The summed E-state index contributed by atoms with van der Waals surface area (Å²) in [6, 6.07) is 8.34. The van der Waals surface area contributed by atoms with Crippen LogP contribution in [-0.2, 0) is 18.7 Å². The van der Waals surface area contributed by atoms with Gasteiger partial charge in [0.2, 0.25) is 0 Å². The standard InChI is InChI=1S/C19H22N4S2/c1-4-7-17-20-16(12-24-17)13-25-19-22-21-18(23(19)10-5-2)15-9-6-8-14(3)11-15/h5-6,8-9,11-12H,2,4,7,10,13H2,1,3H3. The van der Waals surface area contributed by atoms with E-state index in [1.807, 2.05) is 6.08 Å². The van der Waals surface area contributed by atoms with E-state index >= 15 is 0 Å². The summed E-state index contributed by atoms with van der Waals surface area (Å²) in [7, 11) is 0. The predicted molar refractivity (Wildman–Crippen MR) is 106 cm³/mol. The number of rotatable bonds is 8. The summed E-state index contributed by atoms with van der Waals surface area (Å²) in [5.74, 6) is 1.69. The summed E-state index contributed by atoms with van der Waals surface area (Å²) < 4.78 is 2.12. The Morgan fingerprint density at radius 1 is 1.32 bits per heavy atom. The van der Waals surface area contributed by atoms with Crippen molar-refractivity contribution in [3.05, 3.63) is 58.6 Å². The summed E-state index contributed by atoms with van der Waals surface area (Å²) in [4.78, 5) is 4.69. The van der Waals surface area contributed by atoms with Crippen molar-refractivity contribution in [2.75, 3.05) is 0 Å². The van der Waals surface area contributed by atoms with Gasteiger partial charge in [-0.1, -0.05) is 48.5 Å². The highest BCUT2D eigenvalue weighted by Crippen LogP contribution is 2.27. The van der Waals surface area contributed by atoms with Crippen molar-refractivity contribution in [2.45, 2.75) is 44.1 Å². The van der Waals surface area contributed by atoms with Gasteiger partial charge in [-0.3, -0.25) is 4.57 Å². The fourth-order valence-electron chi connectivity index (χ4n) is 2.57. The van der Waals surface area contributed by atoms with Gasteiger partial charge < -0.3 is 0 Å². The summed E-state index contributed by atoms with van der Waals surface area (Å²) >= 11 is 3.42. The smallest absolute Gasteiger partial charge is 0.192 e. The van der Waals surface area contributed by atoms with Gasteiger partial charge in [0, 0.05) is 23.2 Å². The van der Waals surface area contributed by atoms with Crippen molar-refractivity contribution in [1.29, 1.82) is 0 Å². The van der Waals surface area contributed by atoms with Crippen LogP contribution in [0.2, 0.25) is 0 Å². The first-order valence-electron chi connectivity index (χ1n) is 8.38. The number of thioether (sulfide) groups is 1. The minimum atomic E-state index is 0.691. The van der Waals surface area contributed by atoms with Crippen molar-refractivity contribution in [1.82, 2.24) is 19.7 Å². The van der Waals surface area contributed by atoms with Crippen LogP contribution in [0.5, 0.6) is 0 Å². The largest absolute Gasteiger partial charge is 0.298 e. The van der Waals surface area contributed by atoms with E-state index in [1.54, 1.807) is 23.1 Å². The molecule has 6 heteroatoms. The lowest BCUT2D eigenvalue weighted by atomic mass is 10.1. The van der Waals surface area contributed by atoms with Crippen molar-refractivity contribution in [3.8, 4) is 11.4 Å². The van der Waals surface area contributed by atoms with Gasteiger partial charge >= 0.3 is 0 Å². The van der Waals surface area contributed by atoms with Crippen molar-refractivity contribution >= 4 is 23.1 Å². The summed E-state index contributed by atoms with van der Waals surface area (Å²) in [5.41, 5.74) is 3.41. The van der Waals surface area contributed by atoms with Gasteiger partial charge in [-0.25, -0.2) is 4.98 Å². The van der Waals surface area contributed by atoms with E-state index in [0.717, 1.165) is 40.8 Å². The molecule has 0 aliphatic heterocycles. The Balaban J connectivity index is 1.80. The Hall–Kier alpha value is -1.92. The molecule has 3 rings (SSSR count). The Labute approximate surface area is 157 Å². The lowest BCUT2D eigenvalue weighted by Gasteiger charge is -2.07. The molecule has 2 aromatic heterocycles. The highest BCUT2D eigenvalue weighted by molar-refractivity contribution is 7.98. The van der Waals surface area contributed by atoms with Gasteiger partial charge in [-0.15, -0.1) is 28.1 Å².